The number of halogens is 3. The van der Waals surface area contributed by atoms with Crippen LogP contribution in [0.3, 0.4) is 0 Å². The minimum absolute atomic E-state index is 0.0579. The van der Waals surface area contributed by atoms with Crippen molar-refractivity contribution < 1.29 is 31.1 Å². The van der Waals surface area contributed by atoms with E-state index in [1.165, 1.54) is 12.1 Å². The number of carbonyl (C=O) groups is 1. The Morgan fingerprint density at radius 1 is 1.39 bits per heavy atom. The molecule has 1 heterocycles. The van der Waals surface area contributed by atoms with Gasteiger partial charge in [-0.25, -0.2) is 4.79 Å². The van der Waals surface area contributed by atoms with E-state index < -0.39 is 29.6 Å². The van der Waals surface area contributed by atoms with Gasteiger partial charge in [0.25, 0.3) is 0 Å². The van der Waals surface area contributed by atoms with Crippen LogP contribution >= 0.6 is 12.3 Å². The topological polar surface area (TPSA) is 44.8 Å². The standard InChI is InChI=1S/C10H7F3O4S/c11-10(12,13)6-3-1-2-4-7(6)16-9(14)8-5-15-18-17-8/h1-4,8H,5H2. The highest BCUT2D eigenvalue weighted by Gasteiger charge is 2.36. The van der Waals surface area contributed by atoms with E-state index >= 15 is 0 Å². The maximum atomic E-state index is 12.6. The van der Waals surface area contributed by atoms with Gasteiger partial charge in [-0.15, -0.1) is 0 Å². The van der Waals surface area contributed by atoms with Gasteiger partial charge in [0.15, 0.2) is 18.4 Å². The second-order valence-corrected chi connectivity index (χ2v) is 3.92. The molecule has 1 unspecified atom stereocenters. The van der Waals surface area contributed by atoms with Crippen LogP contribution in [0.5, 0.6) is 5.75 Å². The predicted octanol–water partition coefficient (Wildman–Crippen LogP) is 2.59. The second kappa shape index (κ2) is 5.17. The summed E-state index contributed by atoms with van der Waals surface area (Å²) in [6, 6.07) is 4.47. The highest BCUT2D eigenvalue weighted by Crippen LogP contribution is 2.36. The van der Waals surface area contributed by atoms with E-state index in [2.05, 4.69) is 8.92 Å². The first-order valence-corrected chi connectivity index (χ1v) is 5.48. The van der Waals surface area contributed by atoms with E-state index in [4.69, 9.17) is 4.18 Å². The van der Waals surface area contributed by atoms with Crippen molar-refractivity contribution in [1.29, 1.82) is 0 Å². The molecule has 1 aliphatic heterocycles. The quantitative estimate of drug-likeness (QED) is 0.473. The first-order valence-electron chi connectivity index (χ1n) is 4.81. The molecule has 1 aliphatic rings. The van der Waals surface area contributed by atoms with Crippen LogP contribution in [0.25, 0.3) is 0 Å². The van der Waals surface area contributed by atoms with E-state index in [-0.39, 0.29) is 6.61 Å². The molecule has 4 nitrogen and oxygen atoms in total. The summed E-state index contributed by atoms with van der Waals surface area (Å²) in [5.74, 6) is -1.47. The number of esters is 1. The van der Waals surface area contributed by atoms with Gasteiger partial charge in [0.2, 0.25) is 0 Å². The van der Waals surface area contributed by atoms with Crippen molar-refractivity contribution in [3.63, 3.8) is 0 Å². The monoisotopic (exact) mass is 280 g/mol. The predicted molar refractivity (Wildman–Crippen MR) is 55.5 cm³/mol. The van der Waals surface area contributed by atoms with E-state index in [0.29, 0.717) is 12.3 Å². The first kappa shape index (κ1) is 13.2. The van der Waals surface area contributed by atoms with Gasteiger partial charge in [0.1, 0.15) is 12.4 Å². The summed E-state index contributed by atoms with van der Waals surface area (Å²) in [6.45, 7) is -0.0579. The molecule has 0 amide bonds. The van der Waals surface area contributed by atoms with Crippen LogP contribution in [0.4, 0.5) is 13.2 Å². The number of carbonyl (C=O) groups excluding carboxylic acids is 1. The number of para-hydroxylation sites is 1. The summed E-state index contributed by atoms with van der Waals surface area (Å²) in [5, 5.41) is 0. The molecule has 18 heavy (non-hydrogen) atoms. The van der Waals surface area contributed by atoms with Gasteiger partial charge in [-0.05, 0) is 12.1 Å². The second-order valence-electron chi connectivity index (χ2n) is 3.35. The molecule has 0 aliphatic carbocycles. The molecule has 0 bridgehead atoms. The Morgan fingerprint density at radius 3 is 2.72 bits per heavy atom. The molecule has 1 fully saturated rings. The zero-order valence-electron chi connectivity index (χ0n) is 8.77. The van der Waals surface area contributed by atoms with Gasteiger partial charge in [0, 0.05) is 0 Å². The summed E-state index contributed by atoms with van der Waals surface area (Å²) in [4.78, 5) is 11.5. The lowest BCUT2D eigenvalue weighted by Gasteiger charge is -2.13. The summed E-state index contributed by atoms with van der Waals surface area (Å²) in [5.41, 5.74) is -1.01. The average molecular weight is 280 g/mol. The van der Waals surface area contributed by atoms with E-state index in [9.17, 15) is 18.0 Å². The number of benzene rings is 1. The lowest BCUT2D eigenvalue weighted by molar-refractivity contribution is -0.145. The zero-order valence-corrected chi connectivity index (χ0v) is 9.59. The van der Waals surface area contributed by atoms with E-state index in [1.807, 2.05) is 0 Å². The Kier molecular flexibility index (Phi) is 3.79. The van der Waals surface area contributed by atoms with Crippen molar-refractivity contribution in [3.8, 4) is 5.75 Å². The molecular weight excluding hydrogens is 273 g/mol. The van der Waals surface area contributed by atoms with Gasteiger partial charge in [-0.3, -0.25) is 8.37 Å². The molecule has 0 saturated carbocycles. The van der Waals surface area contributed by atoms with Crippen LogP contribution in [0.15, 0.2) is 24.3 Å². The van der Waals surface area contributed by atoms with Gasteiger partial charge in [-0.2, -0.15) is 13.2 Å². The Bertz CT molecular complexity index is 443. The molecule has 0 aromatic heterocycles. The van der Waals surface area contributed by atoms with Gasteiger partial charge in [-0.1, -0.05) is 12.1 Å². The number of hydrogen-bond acceptors (Lipinski definition) is 5. The van der Waals surface area contributed by atoms with Crippen LogP contribution in [-0.4, -0.2) is 18.7 Å². The minimum atomic E-state index is -4.58. The Morgan fingerprint density at radius 2 is 2.11 bits per heavy atom. The van der Waals surface area contributed by atoms with Crippen molar-refractivity contribution in [1.82, 2.24) is 0 Å². The van der Waals surface area contributed by atoms with Crippen molar-refractivity contribution >= 4 is 18.3 Å². The van der Waals surface area contributed by atoms with Crippen LogP contribution in [0.1, 0.15) is 5.56 Å². The molecule has 0 radical (unpaired) electrons. The normalized spacial score (nSPS) is 19.8. The summed E-state index contributed by atoms with van der Waals surface area (Å²) in [7, 11) is 0. The number of rotatable bonds is 2. The van der Waals surface area contributed by atoms with Crippen LogP contribution in [0.2, 0.25) is 0 Å². The van der Waals surface area contributed by atoms with Gasteiger partial charge < -0.3 is 4.74 Å². The van der Waals surface area contributed by atoms with Gasteiger partial charge >= 0.3 is 12.1 Å². The molecule has 0 spiro atoms. The van der Waals surface area contributed by atoms with E-state index in [0.717, 1.165) is 12.1 Å². The Balaban J connectivity index is 2.16. The summed E-state index contributed by atoms with van der Waals surface area (Å²) < 4.78 is 52.0. The lowest BCUT2D eigenvalue weighted by atomic mass is 10.2. The molecule has 1 aromatic rings. The van der Waals surface area contributed by atoms with Crippen molar-refractivity contribution in [2.24, 2.45) is 0 Å². The Labute approximate surface area is 104 Å². The third-order valence-corrected chi connectivity index (χ3v) is 2.63. The molecule has 1 saturated heterocycles. The Hall–Kier alpha value is -1.25. The molecular formula is C10H7F3O4S. The largest absolute Gasteiger partial charge is 0.424 e. The molecule has 1 aromatic carbocycles. The molecule has 8 heteroatoms. The molecule has 98 valence electrons. The van der Waals surface area contributed by atoms with Crippen LogP contribution < -0.4 is 4.74 Å². The fourth-order valence-corrected chi connectivity index (χ4v) is 1.73. The highest BCUT2D eigenvalue weighted by molar-refractivity contribution is 7.90. The highest BCUT2D eigenvalue weighted by atomic mass is 32.2. The number of alkyl halides is 3. The van der Waals surface area contributed by atoms with Crippen molar-refractivity contribution in [2.45, 2.75) is 12.3 Å². The average Bonchev–Trinajstić information content (AvgIpc) is 2.81. The molecule has 2 rings (SSSR count). The zero-order chi connectivity index (χ0) is 13.2. The summed E-state index contributed by atoms with van der Waals surface area (Å²) in [6.07, 6.45) is -5.60. The third kappa shape index (κ3) is 2.95. The number of ether oxygens (including phenoxy) is 1. The number of hydrogen-bond donors (Lipinski definition) is 0. The van der Waals surface area contributed by atoms with Gasteiger partial charge in [0.05, 0.1) is 5.56 Å². The lowest BCUT2D eigenvalue weighted by Crippen LogP contribution is -2.28. The van der Waals surface area contributed by atoms with Crippen molar-refractivity contribution in [3.05, 3.63) is 29.8 Å². The summed E-state index contributed by atoms with van der Waals surface area (Å²) >= 11 is 0.608. The fraction of sp³-hybridized carbons (Fsp3) is 0.300. The maximum absolute atomic E-state index is 12.6. The maximum Gasteiger partial charge on any atom is 0.419 e. The smallest absolute Gasteiger partial charge is 0.419 e. The fourth-order valence-electron chi connectivity index (χ4n) is 1.26. The van der Waals surface area contributed by atoms with E-state index in [1.54, 1.807) is 0 Å². The SMILES string of the molecule is O=C(Oc1ccccc1C(F)(F)F)C1COSO1. The van der Waals surface area contributed by atoms with Crippen LogP contribution in [-0.2, 0) is 19.3 Å². The first-order chi connectivity index (χ1) is 8.48. The van der Waals surface area contributed by atoms with Crippen LogP contribution in [0, 0.1) is 0 Å². The molecule has 1 atom stereocenters. The molecule has 0 N–H and O–H groups in total. The van der Waals surface area contributed by atoms with Crippen molar-refractivity contribution in [2.75, 3.05) is 6.61 Å². The minimum Gasteiger partial charge on any atom is -0.424 e. The third-order valence-electron chi connectivity index (χ3n) is 2.09.